The average molecular weight is 309 g/mol. The Labute approximate surface area is 128 Å². The lowest BCUT2D eigenvalue weighted by atomic mass is 10.2. The van der Waals surface area contributed by atoms with E-state index in [0.29, 0.717) is 23.9 Å². The first-order valence-electron chi connectivity index (χ1n) is 6.50. The molecule has 0 bridgehead atoms. The second-order valence-corrected chi connectivity index (χ2v) is 4.78. The number of ether oxygens (including phenoxy) is 2. The van der Waals surface area contributed by atoms with Gasteiger partial charge in [-0.1, -0.05) is 11.6 Å². The van der Waals surface area contributed by atoms with Gasteiger partial charge in [0.15, 0.2) is 0 Å². The van der Waals surface area contributed by atoms with Crippen molar-refractivity contribution >= 4 is 23.2 Å². The van der Waals surface area contributed by atoms with E-state index >= 15 is 0 Å². The fourth-order valence-corrected chi connectivity index (χ4v) is 1.98. The summed E-state index contributed by atoms with van der Waals surface area (Å²) in [5.41, 5.74) is 1.48. The van der Waals surface area contributed by atoms with Gasteiger partial charge in [-0.2, -0.15) is 0 Å². The molecule has 0 aliphatic heterocycles. The monoisotopic (exact) mass is 308 g/mol. The highest BCUT2D eigenvalue weighted by Crippen LogP contribution is 2.24. The lowest BCUT2D eigenvalue weighted by Crippen LogP contribution is -2.20. The van der Waals surface area contributed by atoms with Crippen molar-refractivity contribution in [3.05, 3.63) is 47.7 Å². The van der Waals surface area contributed by atoms with Gasteiger partial charge in [-0.15, -0.1) is 0 Å². The summed E-state index contributed by atoms with van der Waals surface area (Å²) in [6, 6.07) is 9.10. The van der Waals surface area contributed by atoms with Crippen LogP contribution < -0.4 is 5.32 Å². The third-order valence-corrected chi connectivity index (χ3v) is 3.02. The Balaban J connectivity index is 2.04. The van der Waals surface area contributed by atoms with Gasteiger partial charge in [-0.3, -0.25) is 4.79 Å². The van der Waals surface area contributed by atoms with Crippen LogP contribution in [0.5, 0.6) is 0 Å². The zero-order chi connectivity index (χ0) is 15.1. The average Bonchev–Trinajstić information content (AvgIpc) is 2.99. The molecule has 1 aromatic heterocycles. The Bertz CT molecular complexity index is 585. The van der Waals surface area contributed by atoms with Crippen LogP contribution in [0.1, 0.15) is 0 Å². The molecule has 0 saturated heterocycles. The fourth-order valence-electron chi connectivity index (χ4n) is 1.81. The minimum atomic E-state index is -0.221. The van der Waals surface area contributed by atoms with Crippen molar-refractivity contribution in [1.29, 1.82) is 0 Å². The normalized spacial score (nSPS) is 10.6. The third-order valence-electron chi connectivity index (χ3n) is 2.78. The highest BCUT2D eigenvalue weighted by molar-refractivity contribution is 6.30. The maximum absolute atomic E-state index is 11.9. The first kappa shape index (κ1) is 15.6. The molecule has 21 heavy (non-hydrogen) atoms. The van der Waals surface area contributed by atoms with Gasteiger partial charge < -0.3 is 19.4 Å². The smallest absolute Gasteiger partial charge is 0.250 e. The van der Waals surface area contributed by atoms with E-state index in [1.54, 1.807) is 25.3 Å². The first-order valence-corrected chi connectivity index (χ1v) is 6.88. The molecule has 0 fully saturated rings. The third kappa shape index (κ3) is 4.60. The Morgan fingerprint density at radius 3 is 2.76 bits per heavy atom. The summed E-state index contributed by atoms with van der Waals surface area (Å²) in [5, 5.41) is 3.42. The molecule has 5 nitrogen and oxygen atoms in total. The second kappa shape index (κ2) is 7.83. The zero-order valence-corrected chi connectivity index (χ0v) is 12.5. The van der Waals surface area contributed by atoms with Crippen molar-refractivity contribution < 1.29 is 14.3 Å². The standard InChI is InChI=1S/C15H17ClN2O3/c1-20-8-9-21-11-15(19)17-13-5-4-12(16)10-14(13)18-6-2-3-7-18/h2-7,10H,8-9,11H2,1H3,(H,17,19). The van der Waals surface area contributed by atoms with Gasteiger partial charge >= 0.3 is 0 Å². The summed E-state index contributed by atoms with van der Waals surface area (Å²) in [5.74, 6) is -0.221. The summed E-state index contributed by atoms with van der Waals surface area (Å²) in [4.78, 5) is 11.9. The number of aromatic nitrogens is 1. The number of nitrogens with zero attached hydrogens (tertiary/aromatic N) is 1. The Morgan fingerprint density at radius 1 is 1.29 bits per heavy atom. The van der Waals surface area contributed by atoms with Gasteiger partial charge in [-0.05, 0) is 30.3 Å². The summed E-state index contributed by atoms with van der Waals surface area (Å²) in [6.07, 6.45) is 3.77. The van der Waals surface area contributed by atoms with Crippen molar-refractivity contribution in [2.24, 2.45) is 0 Å². The van der Waals surface area contributed by atoms with E-state index in [-0.39, 0.29) is 12.5 Å². The molecule has 1 amide bonds. The molecule has 1 N–H and O–H groups in total. The molecule has 0 aliphatic rings. The van der Waals surface area contributed by atoms with Crippen LogP contribution in [-0.4, -0.2) is 37.4 Å². The quantitative estimate of drug-likeness (QED) is 0.800. The molecule has 0 aliphatic carbocycles. The van der Waals surface area contributed by atoms with E-state index in [9.17, 15) is 4.79 Å². The van der Waals surface area contributed by atoms with Crippen LogP contribution in [0.4, 0.5) is 5.69 Å². The maximum Gasteiger partial charge on any atom is 0.250 e. The molecule has 1 aromatic carbocycles. The molecule has 112 valence electrons. The molecule has 0 saturated carbocycles. The van der Waals surface area contributed by atoms with Gasteiger partial charge in [0.1, 0.15) is 6.61 Å². The summed E-state index contributed by atoms with van der Waals surface area (Å²) in [7, 11) is 1.58. The summed E-state index contributed by atoms with van der Waals surface area (Å²) in [6.45, 7) is 0.828. The molecular formula is C15H17ClN2O3. The van der Waals surface area contributed by atoms with Gasteiger partial charge in [0, 0.05) is 24.5 Å². The number of rotatable bonds is 7. The van der Waals surface area contributed by atoms with Gasteiger partial charge in [-0.25, -0.2) is 0 Å². The van der Waals surface area contributed by atoms with Crippen molar-refractivity contribution in [3.8, 4) is 5.69 Å². The molecule has 1 heterocycles. The van der Waals surface area contributed by atoms with Crippen molar-refractivity contribution in [3.63, 3.8) is 0 Å². The van der Waals surface area contributed by atoms with Crippen LogP contribution in [0.3, 0.4) is 0 Å². The van der Waals surface area contributed by atoms with Gasteiger partial charge in [0.05, 0.1) is 24.6 Å². The molecule has 0 spiro atoms. The topological polar surface area (TPSA) is 52.5 Å². The minimum absolute atomic E-state index is 0.0168. The fraction of sp³-hybridized carbons (Fsp3) is 0.267. The predicted molar refractivity (Wildman–Crippen MR) is 82.1 cm³/mol. The van der Waals surface area contributed by atoms with Crippen LogP contribution in [0.15, 0.2) is 42.7 Å². The lowest BCUT2D eigenvalue weighted by molar-refractivity contribution is -0.121. The highest BCUT2D eigenvalue weighted by atomic mass is 35.5. The van der Waals surface area contributed by atoms with Crippen LogP contribution in [-0.2, 0) is 14.3 Å². The Kier molecular flexibility index (Phi) is 5.80. The lowest BCUT2D eigenvalue weighted by Gasteiger charge is -2.12. The number of carbonyl (C=O) groups is 1. The Morgan fingerprint density at radius 2 is 2.05 bits per heavy atom. The van der Waals surface area contributed by atoms with E-state index in [1.165, 1.54) is 0 Å². The number of halogens is 1. The van der Waals surface area contributed by atoms with Crippen molar-refractivity contribution in [2.75, 3.05) is 32.2 Å². The molecule has 2 rings (SSSR count). The number of carbonyl (C=O) groups excluding carboxylic acids is 1. The Hall–Kier alpha value is -1.82. The van der Waals surface area contributed by atoms with Crippen molar-refractivity contribution in [1.82, 2.24) is 4.57 Å². The van der Waals surface area contributed by atoms with E-state index < -0.39 is 0 Å². The van der Waals surface area contributed by atoms with E-state index in [4.69, 9.17) is 21.1 Å². The van der Waals surface area contributed by atoms with Gasteiger partial charge in [0.25, 0.3) is 0 Å². The van der Waals surface area contributed by atoms with Crippen molar-refractivity contribution in [2.45, 2.75) is 0 Å². The number of amides is 1. The molecule has 2 aromatic rings. The van der Waals surface area contributed by atoms with Crippen LogP contribution >= 0.6 is 11.6 Å². The number of methoxy groups -OCH3 is 1. The minimum Gasteiger partial charge on any atom is -0.382 e. The van der Waals surface area contributed by atoms with Crippen LogP contribution in [0.25, 0.3) is 5.69 Å². The first-order chi connectivity index (χ1) is 10.2. The predicted octanol–water partition coefficient (Wildman–Crippen LogP) is 2.73. The molecule has 6 heteroatoms. The number of benzene rings is 1. The SMILES string of the molecule is COCCOCC(=O)Nc1ccc(Cl)cc1-n1cccc1. The largest absolute Gasteiger partial charge is 0.382 e. The molecular weight excluding hydrogens is 292 g/mol. The van der Waals surface area contributed by atoms with E-state index in [0.717, 1.165) is 5.69 Å². The van der Waals surface area contributed by atoms with Crippen LogP contribution in [0, 0.1) is 0 Å². The molecule has 0 radical (unpaired) electrons. The summed E-state index contributed by atoms with van der Waals surface area (Å²) >= 11 is 6.02. The number of hydrogen-bond donors (Lipinski definition) is 1. The molecule has 0 atom stereocenters. The number of hydrogen-bond acceptors (Lipinski definition) is 3. The van der Waals surface area contributed by atoms with Crippen LogP contribution in [0.2, 0.25) is 5.02 Å². The highest BCUT2D eigenvalue weighted by Gasteiger charge is 2.09. The molecule has 0 unspecified atom stereocenters. The maximum atomic E-state index is 11.9. The van der Waals surface area contributed by atoms with E-state index in [1.807, 2.05) is 29.1 Å². The zero-order valence-electron chi connectivity index (χ0n) is 11.7. The summed E-state index contributed by atoms with van der Waals surface area (Å²) < 4.78 is 11.9. The number of anilines is 1. The van der Waals surface area contributed by atoms with E-state index in [2.05, 4.69) is 5.32 Å². The van der Waals surface area contributed by atoms with Gasteiger partial charge in [0.2, 0.25) is 5.91 Å². The second-order valence-electron chi connectivity index (χ2n) is 4.35. The number of nitrogens with one attached hydrogen (secondary N) is 1.